The minimum Gasteiger partial charge on any atom is -0.496 e. The van der Waals surface area contributed by atoms with Crippen molar-refractivity contribution in [1.82, 2.24) is 0 Å². The molecule has 13 heavy (non-hydrogen) atoms. The van der Waals surface area contributed by atoms with Crippen molar-refractivity contribution in [3.63, 3.8) is 0 Å². The molecule has 1 aromatic carbocycles. The fraction of sp³-hybridized carbons (Fsp3) is 0.143. The summed E-state index contributed by atoms with van der Waals surface area (Å²) in [6.07, 6.45) is 0. The van der Waals surface area contributed by atoms with Crippen LogP contribution in [0.2, 0.25) is 0 Å². The first-order chi connectivity index (χ1) is 6.06. The number of thiol groups is 1. The van der Waals surface area contributed by atoms with Gasteiger partial charge in [-0.2, -0.15) is 0 Å². The molecule has 0 saturated heterocycles. The second-order valence-electron chi connectivity index (χ2n) is 2.23. The number of nitro benzene ring substituents is 1. The highest BCUT2D eigenvalue weighted by atomic mass is 79.9. The van der Waals surface area contributed by atoms with Gasteiger partial charge in [-0.25, -0.2) is 0 Å². The van der Waals surface area contributed by atoms with E-state index in [4.69, 9.17) is 4.74 Å². The Morgan fingerprint density at radius 1 is 1.62 bits per heavy atom. The summed E-state index contributed by atoms with van der Waals surface area (Å²) < 4.78 is 5.42. The SMILES string of the molecule is COc1cc(Br)c(S)c([N+](=O)[O-])c1. The third kappa shape index (κ3) is 2.13. The van der Waals surface area contributed by atoms with Gasteiger partial charge in [-0.15, -0.1) is 12.6 Å². The zero-order valence-corrected chi connectivity index (χ0v) is 9.13. The lowest BCUT2D eigenvalue weighted by molar-refractivity contribution is -0.387. The van der Waals surface area contributed by atoms with Gasteiger partial charge >= 0.3 is 0 Å². The quantitative estimate of drug-likeness (QED) is 0.507. The average molecular weight is 264 g/mol. The first-order valence-electron chi connectivity index (χ1n) is 3.27. The smallest absolute Gasteiger partial charge is 0.287 e. The Balaban J connectivity index is 3.33. The van der Waals surface area contributed by atoms with E-state index in [1.54, 1.807) is 6.07 Å². The van der Waals surface area contributed by atoms with E-state index in [1.165, 1.54) is 13.2 Å². The second-order valence-corrected chi connectivity index (χ2v) is 3.54. The van der Waals surface area contributed by atoms with E-state index in [0.717, 1.165) is 0 Å². The molecule has 4 nitrogen and oxygen atoms in total. The van der Waals surface area contributed by atoms with Gasteiger partial charge in [0.1, 0.15) is 5.75 Å². The largest absolute Gasteiger partial charge is 0.496 e. The van der Waals surface area contributed by atoms with Crippen molar-refractivity contribution in [2.24, 2.45) is 0 Å². The van der Waals surface area contributed by atoms with Gasteiger partial charge in [0, 0.05) is 4.47 Å². The Bertz CT molecular complexity index is 356. The van der Waals surface area contributed by atoms with Crippen LogP contribution in [-0.4, -0.2) is 12.0 Å². The highest BCUT2D eigenvalue weighted by molar-refractivity contribution is 9.10. The highest BCUT2D eigenvalue weighted by Gasteiger charge is 2.15. The third-order valence-electron chi connectivity index (χ3n) is 1.45. The average Bonchev–Trinajstić information content (AvgIpc) is 2.09. The summed E-state index contributed by atoms with van der Waals surface area (Å²) in [5.74, 6) is 0.427. The predicted molar refractivity (Wildman–Crippen MR) is 54.6 cm³/mol. The van der Waals surface area contributed by atoms with Crippen molar-refractivity contribution in [3.8, 4) is 5.75 Å². The third-order valence-corrected chi connectivity index (χ3v) is 2.85. The first kappa shape index (κ1) is 10.3. The Hall–Kier alpha value is -0.750. The van der Waals surface area contributed by atoms with Crippen LogP contribution in [0.1, 0.15) is 0 Å². The van der Waals surface area contributed by atoms with E-state index in [0.29, 0.717) is 15.1 Å². The van der Waals surface area contributed by atoms with E-state index in [-0.39, 0.29) is 5.69 Å². The molecule has 0 aromatic heterocycles. The van der Waals surface area contributed by atoms with Crippen LogP contribution in [0.4, 0.5) is 5.69 Å². The van der Waals surface area contributed by atoms with Crippen molar-refractivity contribution >= 4 is 34.2 Å². The lowest BCUT2D eigenvalue weighted by atomic mass is 10.3. The molecule has 0 spiro atoms. The minimum absolute atomic E-state index is 0.0745. The maximum atomic E-state index is 10.5. The van der Waals surface area contributed by atoms with E-state index >= 15 is 0 Å². The van der Waals surface area contributed by atoms with Gasteiger partial charge in [-0.1, -0.05) is 0 Å². The molecule has 0 radical (unpaired) electrons. The number of hydrogen-bond donors (Lipinski definition) is 1. The molecule has 0 N–H and O–H groups in total. The fourth-order valence-electron chi connectivity index (χ4n) is 0.817. The standard InChI is InChI=1S/C7H6BrNO3S/c1-12-4-2-5(8)7(13)6(3-4)9(10)11/h2-3,13H,1H3. The number of methoxy groups -OCH3 is 1. The molecule has 0 aliphatic rings. The second kappa shape index (κ2) is 3.97. The summed E-state index contributed by atoms with van der Waals surface area (Å²) in [5.41, 5.74) is -0.0745. The molecule has 6 heteroatoms. The van der Waals surface area contributed by atoms with E-state index in [2.05, 4.69) is 28.6 Å². The van der Waals surface area contributed by atoms with Gasteiger partial charge in [0.15, 0.2) is 0 Å². The first-order valence-corrected chi connectivity index (χ1v) is 4.51. The van der Waals surface area contributed by atoms with Crippen LogP contribution in [0.3, 0.4) is 0 Å². The van der Waals surface area contributed by atoms with Gasteiger partial charge in [0.25, 0.3) is 5.69 Å². The lowest BCUT2D eigenvalue weighted by Crippen LogP contribution is -1.92. The Morgan fingerprint density at radius 2 is 2.23 bits per heavy atom. The minimum atomic E-state index is -0.504. The predicted octanol–water partition coefficient (Wildman–Crippen LogP) is 2.65. The maximum absolute atomic E-state index is 10.5. The van der Waals surface area contributed by atoms with Crippen LogP contribution in [0, 0.1) is 10.1 Å². The zero-order chi connectivity index (χ0) is 10.0. The number of hydrogen-bond acceptors (Lipinski definition) is 4. The molecular formula is C7H6BrNO3S. The van der Waals surface area contributed by atoms with Crippen LogP contribution < -0.4 is 4.74 Å². The molecule has 0 aliphatic heterocycles. The Labute approximate surface area is 88.6 Å². The molecule has 0 atom stereocenters. The summed E-state index contributed by atoms with van der Waals surface area (Å²) in [5, 5.41) is 10.5. The summed E-state index contributed by atoms with van der Waals surface area (Å²) in [6, 6.07) is 2.95. The van der Waals surface area contributed by atoms with Crippen molar-refractivity contribution in [3.05, 3.63) is 26.7 Å². The van der Waals surface area contributed by atoms with Gasteiger partial charge in [-0.3, -0.25) is 10.1 Å². The molecule has 0 unspecified atom stereocenters. The molecule has 0 heterocycles. The molecule has 1 aromatic rings. The summed E-state index contributed by atoms with van der Waals surface area (Å²) >= 11 is 7.14. The Kier molecular flexibility index (Phi) is 3.16. The molecule has 0 amide bonds. The molecule has 0 fully saturated rings. The van der Waals surface area contributed by atoms with Crippen molar-refractivity contribution in [1.29, 1.82) is 0 Å². The lowest BCUT2D eigenvalue weighted by Gasteiger charge is -2.03. The van der Waals surface area contributed by atoms with E-state index in [1.807, 2.05) is 0 Å². The number of ether oxygens (including phenoxy) is 1. The van der Waals surface area contributed by atoms with Crippen LogP contribution in [0.25, 0.3) is 0 Å². The van der Waals surface area contributed by atoms with Crippen molar-refractivity contribution < 1.29 is 9.66 Å². The fourth-order valence-corrected chi connectivity index (χ4v) is 1.46. The summed E-state index contributed by atoms with van der Waals surface area (Å²) in [7, 11) is 1.45. The van der Waals surface area contributed by atoms with E-state index < -0.39 is 4.92 Å². The highest BCUT2D eigenvalue weighted by Crippen LogP contribution is 2.34. The molecule has 1 rings (SSSR count). The van der Waals surface area contributed by atoms with Gasteiger partial charge in [0.2, 0.25) is 0 Å². The number of halogens is 1. The molecule has 0 saturated carbocycles. The van der Waals surface area contributed by atoms with Gasteiger partial charge in [0.05, 0.1) is 23.0 Å². The van der Waals surface area contributed by atoms with E-state index in [9.17, 15) is 10.1 Å². The van der Waals surface area contributed by atoms with Crippen molar-refractivity contribution in [2.75, 3.05) is 7.11 Å². The molecule has 70 valence electrons. The molecule has 0 bridgehead atoms. The van der Waals surface area contributed by atoms with Crippen LogP contribution in [-0.2, 0) is 0 Å². The molecular weight excluding hydrogens is 258 g/mol. The normalized spacial score (nSPS) is 9.77. The summed E-state index contributed by atoms with van der Waals surface area (Å²) in [4.78, 5) is 10.3. The maximum Gasteiger partial charge on any atom is 0.287 e. The summed E-state index contributed by atoms with van der Waals surface area (Å²) in [6.45, 7) is 0. The number of nitro groups is 1. The zero-order valence-electron chi connectivity index (χ0n) is 6.65. The topological polar surface area (TPSA) is 52.4 Å². The molecule has 0 aliphatic carbocycles. The van der Waals surface area contributed by atoms with Crippen LogP contribution in [0.15, 0.2) is 21.5 Å². The monoisotopic (exact) mass is 263 g/mol. The number of nitrogens with zero attached hydrogens (tertiary/aromatic N) is 1. The van der Waals surface area contributed by atoms with Crippen LogP contribution >= 0.6 is 28.6 Å². The van der Waals surface area contributed by atoms with Gasteiger partial charge < -0.3 is 4.74 Å². The number of benzene rings is 1. The van der Waals surface area contributed by atoms with Crippen molar-refractivity contribution in [2.45, 2.75) is 4.90 Å². The van der Waals surface area contributed by atoms with Crippen LogP contribution in [0.5, 0.6) is 5.75 Å². The van der Waals surface area contributed by atoms with Gasteiger partial charge in [-0.05, 0) is 22.0 Å². The number of rotatable bonds is 2. The Morgan fingerprint density at radius 3 is 2.69 bits per heavy atom.